The van der Waals surface area contributed by atoms with Crippen molar-refractivity contribution in [3.8, 4) is 5.75 Å². The van der Waals surface area contributed by atoms with E-state index in [0.717, 1.165) is 35.7 Å². The fourth-order valence-electron chi connectivity index (χ4n) is 2.04. The zero-order chi connectivity index (χ0) is 11.2. The maximum absolute atomic E-state index is 5.72. The molecule has 0 radical (unpaired) electrons. The van der Waals surface area contributed by atoms with E-state index in [1.165, 1.54) is 19.4 Å². The number of ether oxygens (including phenoxy) is 1. The first kappa shape index (κ1) is 11.9. The third kappa shape index (κ3) is 3.80. The molecular formula is C13H18BrNO. The summed E-state index contributed by atoms with van der Waals surface area (Å²) >= 11 is 3.41. The van der Waals surface area contributed by atoms with Gasteiger partial charge >= 0.3 is 0 Å². The molecule has 16 heavy (non-hydrogen) atoms. The molecule has 1 N–H and O–H groups in total. The molecule has 0 saturated carbocycles. The highest BCUT2D eigenvalue weighted by atomic mass is 79.9. The average Bonchev–Trinajstić information content (AvgIpc) is 2.33. The fraction of sp³-hybridized carbons (Fsp3) is 0.538. The lowest BCUT2D eigenvalue weighted by molar-refractivity contribution is 0.254. The largest absolute Gasteiger partial charge is 0.494 e. The van der Waals surface area contributed by atoms with E-state index >= 15 is 0 Å². The Balaban J connectivity index is 1.69. The molecule has 1 aliphatic heterocycles. The summed E-state index contributed by atoms with van der Waals surface area (Å²) in [5.74, 6) is 1.76. The summed E-state index contributed by atoms with van der Waals surface area (Å²) in [6.07, 6.45) is 3.81. The lowest BCUT2D eigenvalue weighted by atomic mass is 9.97. The average molecular weight is 284 g/mol. The Morgan fingerprint density at radius 2 is 2.12 bits per heavy atom. The molecule has 0 bridgehead atoms. The van der Waals surface area contributed by atoms with E-state index in [-0.39, 0.29) is 0 Å². The molecule has 2 rings (SSSR count). The molecule has 1 atom stereocenters. The summed E-state index contributed by atoms with van der Waals surface area (Å²) in [4.78, 5) is 0. The van der Waals surface area contributed by atoms with Gasteiger partial charge in [0.15, 0.2) is 0 Å². The van der Waals surface area contributed by atoms with Gasteiger partial charge in [-0.1, -0.05) is 15.9 Å². The lowest BCUT2D eigenvalue weighted by Gasteiger charge is -2.22. The Morgan fingerprint density at radius 1 is 1.31 bits per heavy atom. The van der Waals surface area contributed by atoms with Gasteiger partial charge in [-0.2, -0.15) is 0 Å². The van der Waals surface area contributed by atoms with Crippen molar-refractivity contribution in [2.75, 3.05) is 19.7 Å². The van der Waals surface area contributed by atoms with Gasteiger partial charge in [0.05, 0.1) is 6.61 Å². The molecule has 1 saturated heterocycles. The van der Waals surface area contributed by atoms with E-state index in [9.17, 15) is 0 Å². The first-order valence-corrected chi connectivity index (χ1v) is 6.73. The van der Waals surface area contributed by atoms with Crippen LogP contribution in [-0.4, -0.2) is 19.7 Å². The topological polar surface area (TPSA) is 21.3 Å². The molecule has 1 aliphatic rings. The maximum Gasteiger partial charge on any atom is 0.119 e. The highest BCUT2D eigenvalue weighted by Crippen LogP contribution is 2.18. The number of rotatable bonds is 4. The summed E-state index contributed by atoms with van der Waals surface area (Å²) in [6, 6.07) is 8.03. The smallest absolute Gasteiger partial charge is 0.119 e. The summed E-state index contributed by atoms with van der Waals surface area (Å²) in [5.41, 5.74) is 0. The fourth-order valence-corrected chi connectivity index (χ4v) is 2.31. The Bertz CT molecular complexity index is 306. The van der Waals surface area contributed by atoms with Gasteiger partial charge in [-0.15, -0.1) is 0 Å². The highest BCUT2D eigenvalue weighted by molar-refractivity contribution is 9.10. The number of hydrogen-bond acceptors (Lipinski definition) is 2. The van der Waals surface area contributed by atoms with Crippen molar-refractivity contribution < 1.29 is 4.74 Å². The molecule has 0 unspecified atom stereocenters. The first-order valence-electron chi connectivity index (χ1n) is 5.94. The molecule has 1 heterocycles. The van der Waals surface area contributed by atoms with Gasteiger partial charge in [0, 0.05) is 4.47 Å². The van der Waals surface area contributed by atoms with Gasteiger partial charge in [-0.05, 0) is 62.5 Å². The van der Waals surface area contributed by atoms with E-state index in [4.69, 9.17) is 4.74 Å². The van der Waals surface area contributed by atoms with Crippen LogP contribution in [0.3, 0.4) is 0 Å². The third-order valence-corrected chi connectivity index (χ3v) is 3.54. The molecule has 0 aliphatic carbocycles. The molecule has 0 aromatic heterocycles. The van der Waals surface area contributed by atoms with E-state index in [0.29, 0.717) is 0 Å². The molecule has 0 spiro atoms. The molecule has 2 nitrogen and oxygen atoms in total. The summed E-state index contributed by atoms with van der Waals surface area (Å²) in [6.45, 7) is 3.17. The van der Waals surface area contributed by atoms with Gasteiger partial charge in [-0.3, -0.25) is 0 Å². The van der Waals surface area contributed by atoms with Gasteiger partial charge < -0.3 is 10.1 Å². The van der Waals surface area contributed by atoms with Crippen molar-refractivity contribution in [1.29, 1.82) is 0 Å². The number of nitrogens with one attached hydrogen (secondary N) is 1. The van der Waals surface area contributed by atoms with Crippen LogP contribution in [0, 0.1) is 5.92 Å². The summed E-state index contributed by atoms with van der Waals surface area (Å²) < 4.78 is 6.81. The van der Waals surface area contributed by atoms with E-state index in [1.54, 1.807) is 0 Å². The number of piperidine rings is 1. The minimum absolute atomic E-state index is 0.796. The predicted octanol–water partition coefficient (Wildman–Crippen LogP) is 3.22. The SMILES string of the molecule is Brc1ccc(OCC[C@H]2CCCNC2)cc1. The second kappa shape index (κ2) is 6.26. The van der Waals surface area contributed by atoms with E-state index in [2.05, 4.69) is 21.2 Å². The first-order chi connectivity index (χ1) is 7.84. The van der Waals surface area contributed by atoms with Crippen molar-refractivity contribution in [3.05, 3.63) is 28.7 Å². The van der Waals surface area contributed by atoms with Crippen molar-refractivity contribution in [3.63, 3.8) is 0 Å². The standard InChI is InChI=1S/C13H18BrNO/c14-12-3-5-13(6-4-12)16-9-7-11-2-1-8-15-10-11/h3-6,11,15H,1-2,7-10H2/t11-/m1/s1. The van der Waals surface area contributed by atoms with Crippen LogP contribution >= 0.6 is 15.9 Å². The molecule has 1 aromatic rings. The minimum Gasteiger partial charge on any atom is -0.494 e. The second-order valence-electron chi connectivity index (χ2n) is 4.30. The van der Waals surface area contributed by atoms with Crippen molar-refractivity contribution in [1.82, 2.24) is 5.32 Å². The van der Waals surface area contributed by atoms with Crippen molar-refractivity contribution in [2.45, 2.75) is 19.3 Å². The summed E-state index contributed by atoms with van der Waals surface area (Å²) in [5, 5.41) is 3.43. The molecule has 0 amide bonds. The van der Waals surface area contributed by atoms with Gasteiger partial charge in [0.1, 0.15) is 5.75 Å². The van der Waals surface area contributed by atoms with Crippen LogP contribution in [0.25, 0.3) is 0 Å². The monoisotopic (exact) mass is 283 g/mol. The van der Waals surface area contributed by atoms with E-state index in [1.807, 2.05) is 24.3 Å². The Kier molecular flexibility index (Phi) is 4.67. The van der Waals surface area contributed by atoms with Crippen molar-refractivity contribution >= 4 is 15.9 Å². The number of benzene rings is 1. The maximum atomic E-state index is 5.72. The Morgan fingerprint density at radius 3 is 2.81 bits per heavy atom. The van der Waals surface area contributed by atoms with Crippen LogP contribution in [0.15, 0.2) is 28.7 Å². The van der Waals surface area contributed by atoms with E-state index < -0.39 is 0 Å². The Labute approximate surface area is 106 Å². The van der Waals surface area contributed by atoms with Crippen LogP contribution < -0.4 is 10.1 Å². The quantitative estimate of drug-likeness (QED) is 0.916. The van der Waals surface area contributed by atoms with Crippen LogP contribution in [0.4, 0.5) is 0 Å². The molecule has 1 aromatic carbocycles. The van der Waals surface area contributed by atoms with Crippen LogP contribution in [-0.2, 0) is 0 Å². The number of halogens is 1. The van der Waals surface area contributed by atoms with Gasteiger partial charge in [0.2, 0.25) is 0 Å². The lowest BCUT2D eigenvalue weighted by Crippen LogP contribution is -2.30. The van der Waals surface area contributed by atoms with Gasteiger partial charge in [0.25, 0.3) is 0 Å². The second-order valence-corrected chi connectivity index (χ2v) is 5.22. The van der Waals surface area contributed by atoms with Crippen LogP contribution in [0.2, 0.25) is 0 Å². The zero-order valence-corrected chi connectivity index (χ0v) is 11.0. The predicted molar refractivity (Wildman–Crippen MR) is 69.8 cm³/mol. The molecule has 1 fully saturated rings. The van der Waals surface area contributed by atoms with Crippen molar-refractivity contribution in [2.24, 2.45) is 5.92 Å². The Hall–Kier alpha value is -0.540. The molecule has 3 heteroatoms. The van der Waals surface area contributed by atoms with Crippen LogP contribution in [0.1, 0.15) is 19.3 Å². The number of hydrogen-bond donors (Lipinski definition) is 1. The third-order valence-electron chi connectivity index (χ3n) is 3.01. The molecular weight excluding hydrogens is 266 g/mol. The zero-order valence-electron chi connectivity index (χ0n) is 9.42. The summed E-state index contributed by atoms with van der Waals surface area (Å²) in [7, 11) is 0. The molecule has 88 valence electrons. The highest BCUT2D eigenvalue weighted by Gasteiger charge is 2.12. The van der Waals surface area contributed by atoms with Gasteiger partial charge in [-0.25, -0.2) is 0 Å². The minimum atomic E-state index is 0.796. The van der Waals surface area contributed by atoms with Crippen LogP contribution in [0.5, 0.6) is 5.75 Å². The normalized spacial score (nSPS) is 20.7.